The Morgan fingerprint density at radius 3 is 2.44 bits per heavy atom. The number of aryl methyl sites for hydroxylation is 1. The number of carbonyl (C=O) groups excluding carboxylic acids is 2. The Hall–Kier alpha value is -3.69. The van der Waals surface area contributed by atoms with Crippen molar-refractivity contribution >= 4 is 33.2 Å². The summed E-state index contributed by atoms with van der Waals surface area (Å²) in [6.45, 7) is 1.56. The first-order valence-electron chi connectivity index (χ1n) is 9.79. The van der Waals surface area contributed by atoms with Crippen LogP contribution in [0.3, 0.4) is 0 Å². The number of sulfonamides is 1. The first-order chi connectivity index (χ1) is 15.3. The third kappa shape index (κ3) is 4.20. The van der Waals surface area contributed by atoms with E-state index in [-0.39, 0.29) is 17.2 Å². The summed E-state index contributed by atoms with van der Waals surface area (Å²) >= 11 is 0. The summed E-state index contributed by atoms with van der Waals surface area (Å²) < 4.78 is 29.2. The number of nitrogens with one attached hydrogen (secondary N) is 1. The van der Waals surface area contributed by atoms with Gasteiger partial charge in [0.1, 0.15) is 11.8 Å². The highest BCUT2D eigenvalue weighted by atomic mass is 32.2. The average molecular weight is 452 g/mol. The van der Waals surface area contributed by atoms with E-state index in [1.165, 1.54) is 23.1 Å². The molecule has 2 amide bonds. The van der Waals surface area contributed by atoms with Crippen LogP contribution >= 0.6 is 0 Å². The molecule has 8 nitrogen and oxygen atoms in total. The Kier molecular flexibility index (Phi) is 5.68. The van der Waals surface area contributed by atoms with E-state index in [1.54, 1.807) is 36.4 Å². The normalized spacial score (nSPS) is 15.6. The number of fused-ring (bicyclic) bond motifs is 1. The van der Waals surface area contributed by atoms with Crippen LogP contribution in [0, 0.1) is 6.92 Å². The van der Waals surface area contributed by atoms with Crippen LogP contribution in [0.4, 0.5) is 11.4 Å². The maximum Gasteiger partial charge on any atom is 0.265 e. The number of hydrogen-bond acceptors (Lipinski definition) is 5. The van der Waals surface area contributed by atoms with Crippen LogP contribution in [-0.4, -0.2) is 26.8 Å². The number of benzene rings is 3. The van der Waals surface area contributed by atoms with E-state index in [0.717, 1.165) is 5.56 Å². The van der Waals surface area contributed by atoms with E-state index in [2.05, 4.69) is 5.32 Å². The van der Waals surface area contributed by atoms with Gasteiger partial charge in [0.05, 0.1) is 16.3 Å². The topological polar surface area (TPSA) is 119 Å². The van der Waals surface area contributed by atoms with E-state index in [4.69, 9.17) is 9.88 Å². The van der Waals surface area contributed by atoms with Crippen molar-refractivity contribution in [2.45, 2.75) is 17.9 Å². The molecule has 0 fully saturated rings. The Bertz CT molecular complexity index is 1290. The Morgan fingerprint density at radius 2 is 1.75 bits per heavy atom. The summed E-state index contributed by atoms with van der Waals surface area (Å²) in [7, 11) is -3.99. The SMILES string of the molecule is Cc1ccccc1OCC(=O)N1c2ccc(S(N)(=O)=O)cc2NC(=O)C1c1ccccc1. The molecule has 0 radical (unpaired) electrons. The van der Waals surface area contributed by atoms with E-state index >= 15 is 0 Å². The van der Waals surface area contributed by atoms with Crippen molar-refractivity contribution < 1.29 is 22.7 Å². The molecule has 9 heteroatoms. The summed E-state index contributed by atoms with van der Waals surface area (Å²) in [5, 5.41) is 7.92. The van der Waals surface area contributed by atoms with Crippen LogP contribution in [0.15, 0.2) is 77.7 Å². The van der Waals surface area contributed by atoms with Gasteiger partial charge in [0.2, 0.25) is 10.0 Å². The molecule has 0 saturated heterocycles. The van der Waals surface area contributed by atoms with E-state index < -0.39 is 27.9 Å². The molecule has 3 aromatic rings. The Labute approximate surface area is 185 Å². The maximum atomic E-state index is 13.3. The van der Waals surface area contributed by atoms with Crippen LogP contribution in [0.1, 0.15) is 17.2 Å². The van der Waals surface area contributed by atoms with Gasteiger partial charge in [-0.1, -0.05) is 48.5 Å². The highest BCUT2D eigenvalue weighted by Gasteiger charge is 2.38. The summed E-state index contributed by atoms with van der Waals surface area (Å²) in [5.74, 6) is -0.371. The number of hydrogen-bond donors (Lipinski definition) is 2. The second-order valence-electron chi connectivity index (χ2n) is 7.34. The number of nitrogens with zero attached hydrogens (tertiary/aromatic N) is 1. The van der Waals surface area contributed by atoms with Crippen LogP contribution in [0.5, 0.6) is 5.75 Å². The number of amides is 2. The minimum atomic E-state index is -3.99. The first kappa shape index (κ1) is 21.5. The van der Waals surface area contributed by atoms with Crippen LogP contribution in [0.2, 0.25) is 0 Å². The predicted octanol–water partition coefficient (Wildman–Crippen LogP) is 2.75. The van der Waals surface area contributed by atoms with Gasteiger partial charge in [-0.15, -0.1) is 0 Å². The molecule has 3 aromatic carbocycles. The molecule has 3 N–H and O–H groups in total. The maximum absolute atomic E-state index is 13.3. The number of carbonyl (C=O) groups is 2. The molecule has 164 valence electrons. The summed E-state index contributed by atoms with van der Waals surface area (Å²) in [4.78, 5) is 27.5. The van der Waals surface area contributed by atoms with Crippen molar-refractivity contribution in [3.8, 4) is 5.75 Å². The zero-order valence-electron chi connectivity index (χ0n) is 17.2. The molecule has 1 atom stereocenters. The van der Waals surface area contributed by atoms with Gasteiger partial charge in [-0.05, 0) is 42.3 Å². The smallest absolute Gasteiger partial charge is 0.265 e. The molecular formula is C23H21N3O5S. The van der Waals surface area contributed by atoms with Crippen LogP contribution < -0.4 is 20.1 Å². The van der Waals surface area contributed by atoms with Gasteiger partial charge >= 0.3 is 0 Å². The molecule has 4 rings (SSSR count). The van der Waals surface area contributed by atoms with Crippen molar-refractivity contribution in [3.05, 3.63) is 83.9 Å². The zero-order chi connectivity index (χ0) is 22.9. The van der Waals surface area contributed by atoms with Gasteiger partial charge in [0.15, 0.2) is 6.61 Å². The third-order valence-corrected chi connectivity index (χ3v) is 6.06. The lowest BCUT2D eigenvalue weighted by Crippen LogP contribution is -2.47. The summed E-state index contributed by atoms with van der Waals surface area (Å²) in [5.41, 5.74) is 2.01. The fourth-order valence-corrected chi connectivity index (χ4v) is 4.14. The van der Waals surface area contributed by atoms with Crippen LogP contribution in [0.25, 0.3) is 0 Å². The molecule has 1 unspecified atom stereocenters. The lowest BCUT2D eigenvalue weighted by molar-refractivity contribution is -0.125. The molecule has 32 heavy (non-hydrogen) atoms. The van der Waals surface area contributed by atoms with E-state index in [1.807, 2.05) is 25.1 Å². The van der Waals surface area contributed by atoms with Gasteiger partial charge in [-0.3, -0.25) is 14.5 Å². The molecule has 0 bridgehead atoms. The summed E-state index contributed by atoms with van der Waals surface area (Å²) in [6.07, 6.45) is 0. The number of para-hydroxylation sites is 1. The standard InChI is InChI=1S/C23H21N3O5S/c1-15-7-5-6-10-20(15)31-14-21(27)26-19-12-11-17(32(24,29)30)13-18(19)25-23(28)22(26)16-8-3-2-4-9-16/h2-13,22H,14H2,1H3,(H,25,28)(H2,24,29,30). The van der Waals surface area contributed by atoms with Crippen molar-refractivity contribution in [1.82, 2.24) is 0 Å². The molecule has 0 aromatic heterocycles. The fraction of sp³-hybridized carbons (Fsp3) is 0.130. The molecule has 1 aliphatic heterocycles. The lowest BCUT2D eigenvalue weighted by Gasteiger charge is -2.36. The van der Waals surface area contributed by atoms with Gasteiger partial charge in [0, 0.05) is 0 Å². The number of primary sulfonamides is 1. The van der Waals surface area contributed by atoms with Crippen molar-refractivity contribution in [3.63, 3.8) is 0 Å². The number of nitrogens with two attached hydrogens (primary N) is 1. The molecule has 0 spiro atoms. The first-order valence-corrected chi connectivity index (χ1v) is 11.3. The summed E-state index contributed by atoms with van der Waals surface area (Å²) in [6, 6.07) is 19.2. The second kappa shape index (κ2) is 8.45. The molecule has 0 saturated carbocycles. The Morgan fingerprint density at radius 1 is 1.06 bits per heavy atom. The molecule has 1 heterocycles. The third-order valence-electron chi connectivity index (χ3n) is 5.15. The molecule has 1 aliphatic rings. The fourth-order valence-electron chi connectivity index (χ4n) is 3.60. The minimum Gasteiger partial charge on any atom is -0.483 e. The van der Waals surface area contributed by atoms with Gasteiger partial charge in [0.25, 0.3) is 11.8 Å². The van der Waals surface area contributed by atoms with Gasteiger partial charge < -0.3 is 10.1 Å². The largest absolute Gasteiger partial charge is 0.483 e. The minimum absolute atomic E-state index is 0.168. The van der Waals surface area contributed by atoms with Crippen LogP contribution in [-0.2, 0) is 19.6 Å². The van der Waals surface area contributed by atoms with Gasteiger partial charge in [-0.25, -0.2) is 13.6 Å². The van der Waals surface area contributed by atoms with E-state index in [9.17, 15) is 18.0 Å². The number of ether oxygens (including phenoxy) is 1. The predicted molar refractivity (Wildman–Crippen MR) is 120 cm³/mol. The average Bonchev–Trinajstić information content (AvgIpc) is 2.77. The molecular weight excluding hydrogens is 430 g/mol. The number of rotatable bonds is 5. The second-order valence-corrected chi connectivity index (χ2v) is 8.91. The quantitative estimate of drug-likeness (QED) is 0.618. The Balaban J connectivity index is 1.75. The zero-order valence-corrected chi connectivity index (χ0v) is 18.0. The van der Waals surface area contributed by atoms with Gasteiger partial charge in [-0.2, -0.15) is 0 Å². The monoisotopic (exact) mass is 451 g/mol. The molecule has 0 aliphatic carbocycles. The lowest BCUT2D eigenvalue weighted by atomic mass is 10.00. The van der Waals surface area contributed by atoms with Crippen molar-refractivity contribution in [2.24, 2.45) is 5.14 Å². The number of anilines is 2. The highest BCUT2D eigenvalue weighted by Crippen LogP contribution is 2.39. The van der Waals surface area contributed by atoms with Crippen molar-refractivity contribution in [2.75, 3.05) is 16.8 Å². The highest BCUT2D eigenvalue weighted by molar-refractivity contribution is 7.89. The van der Waals surface area contributed by atoms with E-state index in [0.29, 0.717) is 17.0 Å². The van der Waals surface area contributed by atoms with Crippen molar-refractivity contribution in [1.29, 1.82) is 0 Å².